The van der Waals surface area contributed by atoms with E-state index in [1.54, 1.807) is 0 Å². The van der Waals surface area contributed by atoms with E-state index in [9.17, 15) is 14.4 Å². The van der Waals surface area contributed by atoms with E-state index in [0.717, 1.165) is 116 Å². The number of esters is 3. The second-order valence-electron chi connectivity index (χ2n) is 19.1. The van der Waals surface area contributed by atoms with Crippen molar-refractivity contribution < 1.29 is 28.6 Å². The minimum atomic E-state index is -0.797. The third-order valence-corrected chi connectivity index (χ3v) is 12.2. The summed E-state index contributed by atoms with van der Waals surface area (Å²) in [6.45, 7) is 6.31. The van der Waals surface area contributed by atoms with Crippen molar-refractivity contribution in [3.05, 3.63) is 122 Å². The van der Waals surface area contributed by atoms with E-state index in [1.807, 2.05) is 0 Å². The largest absolute Gasteiger partial charge is 0.462 e. The Morgan fingerprint density at radius 3 is 0.875 bits per heavy atom. The zero-order valence-corrected chi connectivity index (χ0v) is 46.7. The van der Waals surface area contributed by atoms with Crippen molar-refractivity contribution in [2.24, 2.45) is 0 Å². The van der Waals surface area contributed by atoms with Gasteiger partial charge in [0.05, 0.1) is 0 Å². The van der Waals surface area contributed by atoms with Crippen LogP contribution in [0, 0.1) is 0 Å². The van der Waals surface area contributed by atoms with Gasteiger partial charge in [0.2, 0.25) is 0 Å². The lowest BCUT2D eigenvalue weighted by atomic mass is 10.0. The van der Waals surface area contributed by atoms with Gasteiger partial charge in [0, 0.05) is 19.3 Å². The molecule has 0 aliphatic rings. The highest BCUT2D eigenvalue weighted by molar-refractivity contribution is 5.71. The molecule has 0 saturated carbocycles. The van der Waals surface area contributed by atoms with Crippen LogP contribution in [0.5, 0.6) is 0 Å². The van der Waals surface area contributed by atoms with Gasteiger partial charge in [-0.25, -0.2) is 0 Å². The zero-order valence-electron chi connectivity index (χ0n) is 46.7. The van der Waals surface area contributed by atoms with Crippen molar-refractivity contribution in [3.63, 3.8) is 0 Å². The Balaban J connectivity index is 4.06. The Morgan fingerprint density at radius 2 is 0.542 bits per heavy atom. The lowest BCUT2D eigenvalue weighted by Crippen LogP contribution is -2.30. The fourth-order valence-electron chi connectivity index (χ4n) is 7.85. The Labute approximate surface area is 443 Å². The zero-order chi connectivity index (χ0) is 52.2. The van der Waals surface area contributed by atoms with Gasteiger partial charge < -0.3 is 14.2 Å². The summed E-state index contributed by atoms with van der Waals surface area (Å²) in [7, 11) is 0. The summed E-state index contributed by atoms with van der Waals surface area (Å²) in [4.78, 5) is 37.8. The number of unbranched alkanes of at least 4 members (excludes halogenated alkanes) is 21. The predicted octanol–water partition coefficient (Wildman–Crippen LogP) is 20.0. The van der Waals surface area contributed by atoms with Crippen molar-refractivity contribution >= 4 is 17.9 Å². The lowest BCUT2D eigenvalue weighted by Gasteiger charge is -2.18. The van der Waals surface area contributed by atoms with E-state index in [0.29, 0.717) is 19.3 Å². The van der Waals surface area contributed by atoms with Gasteiger partial charge in [0.15, 0.2) is 6.10 Å². The lowest BCUT2D eigenvalue weighted by molar-refractivity contribution is -0.167. The number of hydrogen-bond acceptors (Lipinski definition) is 6. The first-order chi connectivity index (χ1) is 35.5. The van der Waals surface area contributed by atoms with Gasteiger partial charge in [-0.15, -0.1) is 0 Å². The second-order valence-corrected chi connectivity index (χ2v) is 19.1. The van der Waals surface area contributed by atoms with Crippen LogP contribution in [-0.4, -0.2) is 37.2 Å². The van der Waals surface area contributed by atoms with Crippen LogP contribution in [-0.2, 0) is 28.6 Å². The Bertz CT molecular complexity index is 1520. The molecule has 0 radical (unpaired) electrons. The van der Waals surface area contributed by atoms with Crippen LogP contribution >= 0.6 is 0 Å². The molecule has 72 heavy (non-hydrogen) atoms. The summed E-state index contributed by atoms with van der Waals surface area (Å²) in [5.74, 6) is -0.949. The fraction of sp³-hybridized carbons (Fsp3) is 0.652. The molecule has 6 nitrogen and oxygen atoms in total. The van der Waals surface area contributed by atoms with Gasteiger partial charge in [-0.2, -0.15) is 0 Å². The average molecular weight is 998 g/mol. The first-order valence-corrected chi connectivity index (χ1v) is 29.5. The maximum atomic E-state index is 12.8. The van der Waals surface area contributed by atoms with E-state index < -0.39 is 6.10 Å². The third kappa shape index (κ3) is 56.7. The van der Waals surface area contributed by atoms with Gasteiger partial charge in [-0.3, -0.25) is 14.4 Å². The van der Waals surface area contributed by atoms with E-state index in [1.165, 1.54) is 96.3 Å². The summed E-state index contributed by atoms with van der Waals surface area (Å²) in [5, 5.41) is 0. The van der Waals surface area contributed by atoms with Crippen molar-refractivity contribution in [1.82, 2.24) is 0 Å². The Kier molecular flexibility index (Phi) is 55.9. The molecule has 0 aliphatic heterocycles. The molecular weight excluding hydrogens is 889 g/mol. The van der Waals surface area contributed by atoms with Gasteiger partial charge in [0.25, 0.3) is 0 Å². The van der Waals surface area contributed by atoms with Crippen molar-refractivity contribution in [2.75, 3.05) is 13.2 Å². The molecule has 0 amide bonds. The molecule has 0 saturated heterocycles. The number of hydrogen-bond donors (Lipinski definition) is 0. The number of allylic oxidation sites excluding steroid dienone is 20. The number of rotatable bonds is 52. The van der Waals surface area contributed by atoms with Crippen LogP contribution in [0.1, 0.15) is 258 Å². The first kappa shape index (κ1) is 67.8. The normalized spacial score (nSPS) is 13.0. The van der Waals surface area contributed by atoms with Crippen LogP contribution in [0.15, 0.2) is 122 Å². The van der Waals surface area contributed by atoms with Gasteiger partial charge in [0.1, 0.15) is 13.2 Å². The molecule has 1 unspecified atom stereocenters. The highest BCUT2D eigenvalue weighted by atomic mass is 16.6. The van der Waals surface area contributed by atoms with Crippen molar-refractivity contribution in [3.8, 4) is 0 Å². The maximum Gasteiger partial charge on any atom is 0.306 e. The summed E-state index contributed by atoms with van der Waals surface area (Å²) in [5.41, 5.74) is 0. The summed E-state index contributed by atoms with van der Waals surface area (Å²) >= 11 is 0. The molecule has 0 aromatic carbocycles. The van der Waals surface area contributed by atoms with Crippen molar-refractivity contribution in [2.45, 2.75) is 264 Å². The molecule has 0 spiro atoms. The summed E-state index contributed by atoms with van der Waals surface area (Å²) in [6.07, 6.45) is 82.4. The molecule has 0 aromatic rings. The van der Waals surface area contributed by atoms with E-state index in [2.05, 4.69) is 142 Å². The smallest absolute Gasteiger partial charge is 0.306 e. The monoisotopic (exact) mass is 997 g/mol. The Hall–Kier alpha value is -4.19. The molecule has 0 aliphatic carbocycles. The molecule has 0 rings (SSSR count). The molecule has 0 fully saturated rings. The average Bonchev–Trinajstić information content (AvgIpc) is 3.38. The highest BCUT2D eigenvalue weighted by Gasteiger charge is 2.19. The number of ether oxygens (including phenoxy) is 3. The molecule has 0 bridgehead atoms. The van der Waals surface area contributed by atoms with E-state index in [4.69, 9.17) is 14.2 Å². The minimum Gasteiger partial charge on any atom is -0.462 e. The van der Waals surface area contributed by atoms with Crippen LogP contribution < -0.4 is 0 Å². The quantitative estimate of drug-likeness (QED) is 0.0261. The van der Waals surface area contributed by atoms with E-state index >= 15 is 0 Å². The molecule has 1 atom stereocenters. The third-order valence-electron chi connectivity index (χ3n) is 12.2. The Morgan fingerprint density at radius 1 is 0.292 bits per heavy atom. The standard InChI is InChI=1S/C66H108O6/c1-4-7-10-13-16-18-20-22-24-25-26-27-28-29-30-31-32-33-34-35-36-37-38-39-40-41-43-44-46-48-50-53-56-59-65(68)71-62-63(61-70-64(67)58-55-52-15-12-9-6-3)72-66(69)60-57-54-51-49-47-45-42-23-21-19-17-14-11-8-5-2/h7-8,10-11,16-19,22-24,26-27,29-30,32-33,42,47,49,63H,4-6,9,12-15,20-21,25,28,31,34-41,43-46,48,50-62H2,1-3H3/b10-7-,11-8-,18-16-,19-17-,24-22-,27-26-,30-29-,33-32-,42-23-,49-47-. The SMILES string of the molecule is CC/C=C\C/C=C\C/C=C\C/C=C\C/C=C\C/C=C\CCCCCCCCCCCCCCCCC(=O)OCC(COC(=O)CCCCCCCC)OC(=O)CCCC/C=C\C/C=C\C/C=C\C/C=C\CC. The molecular formula is C66H108O6. The summed E-state index contributed by atoms with van der Waals surface area (Å²) in [6, 6.07) is 0. The van der Waals surface area contributed by atoms with Gasteiger partial charge >= 0.3 is 17.9 Å². The van der Waals surface area contributed by atoms with Crippen LogP contribution in [0.3, 0.4) is 0 Å². The molecule has 6 heteroatoms. The van der Waals surface area contributed by atoms with Crippen LogP contribution in [0.25, 0.3) is 0 Å². The minimum absolute atomic E-state index is 0.0953. The topological polar surface area (TPSA) is 78.9 Å². The molecule has 408 valence electrons. The first-order valence-electron chi connectivity index (χ1n) is 29.5. The predicted molar refractivity (Wildman–Crippen MR) is 311 cm³/mol. The summed E-state index contributed by atoms with van der Waals surface area (Å²) < 4.78 is 16.7. The maximum absolute atomic E-state index is 12.8. The molecule has 0 heterocycles. The molecule has 0 N–H and O–H groups in total. The van der Waals surface area contributed by atoms with Crippen LogP contribution in [0.4, 0.5) is 0 Å². The van der Waals surface area contributed by atoms with Gasteiger partial charge in [-0.1, -0.05) is 251 Å². The second kappa shape index (κ2) is 59.4. The van der Waals surface area contributed by atoms with E-state index in [-0.39, 0.29) is 37.5 Å². The van der Waals surface area contributed by atoms with Gasteiger partial charge in [-0.05, 0) is 109 Å². The molecule has 0 aromatic heterocycles. The fourth-order valence-corrected chi connectivity index (χ4v) is 7.85. The van der Waals surface area contributed by atoms with Crippen molar-refractivity contribution in [1.29, 1.82) is 0 Å². The number of carbonyl (C=O) groups excluding carboxylic acids is 3. The number of carbonyl (C=O) groups is 3. The van der Waals surface area contributed by atoms with Crippen LogP contribution in [0.2, 0.25) is 0 Å². The highest BCUT2D eigenvalue weighted by Crippen LogP contribution is 2.15.